The minimum absolute atomic E-state index is 0.306. The van der Waals surface area contributed by atoms with Gasteiger partial charge in [-0.2, -0.15) is 0 Å². The molecule has 2 rings (SSSR count). The minimum atomic E-state index is -0.808. The molecule has 0 saturated carbocycles. The molecule has 1 unspecified atom stereocenters. The highest BCUT2D eigenvalue weighted by Gasteiger charge is 2.16. The fraction of sp³-hybridized carbons (Fsp3) is 0.350. The van der Waals surface area contributed by atoms with Crippen LogP contribution >= 0.6 is 31.9 Å². The van der Waals surface area contributed by atoms with Crippen molar-refractivity contribution in [1.82, 2.24) is 0 Å². The first-order valence-electron chi connectivity index (χ1n) is 8.29. The van der Waals surface area contributed by atoms with Crippen LogP contribution in [-0.2, 0) is 11.2 Å². The van der Waals surface area contributed by atoms with E-state index < -0.39 is 11.9 Å². The van der Waals surface area contributed by atoms with Gasteiger partial charge in [-0.1, -0.05) is 20.8 Å². The second kappa shape index (κ2) is 8.91. The molecule has 2 aromatic rings. The Morgan fingerprint density at radius 2 is 1.73 bits per heavy atom. The number of carboxylic acid groups (broad SMARTS) is 1. The Morgan fingerprint density at radius 3 is 2.23 bits per heavy atom. The SMILES string of the molecule is COc1ccc(Oc2c(Br)cc(CC(C)C(=O)O)cc2Br)cc1C(C)C. The standard InChI is InChI=1S/C20H22Br2O4/c1-11(2)15-10-14(5-6-18(15)25-4)26-19-16(21)8-13(9-17(19)22)7-12(3)20(23)24/h5-6,8-12H,7H2,1-4H3,(H,23,24). The summed E-state index contributed by atoms with van der Waals surface area (Å²) in [4.78, 5) is 11.1. The monoisotopic (exact) mass is 484 g/mol. The van der Waals surface area contributed by atoms with Crippen molar-refractivity contribution in [1.29, 1.82) is 0 Å². The summed E-state index contributed by atoms with van der Waals surface area (Å²) in [7, 11) is 1.66. The third kappa shape index (κ3) is 5.01. The van der Waals surface area contributed by atoms with Crippen LogP contribution in [0.2, 0.25) is 0 Å². The zero-order valence-electron chi connectivity index (χ0n) is 15.2. The summed E-state index contributed by atoms with van der Waals surface area (Å²) in [6, 6.07) is 9.53. The van der Waals surface area contributed by atoms with Crippen molar-refractivity contribution in [3.05, 3.63) is 50.4 Å². The van der Waals surface area contributed by atoms with Crippen molar-refractivity contribution in [3.63, 3.8) is 0 Å². The molecular weight excluding hydrogens is 464 g/mol. The molecule has 140 valence electrons. The summed E-state index contributed by atoms with van der Waals surface area (Å²) in [5.41, 5.74) is 1.99. The molecule has 0 fully saturated rings. The number of aliphatic carboxylic acids is 1. The molecule has 26 heavy (non-hydrogen) atoms. The number of hydrogen-bond acceptors (Lipinski definition) is 3. The molecule has 0 aliphatic carbocycles. The van der Waals surface area contributed by atoms with Crippen LogP contribution in [-0.4, -0.2) is 18.2 Å². The molecule has 0 heterocycles. The van der Waals surface area contributed by atoms with Crippen LogP contribution in [0.1, 0.15) is 37.8 Å². The summed E-state index contributed by atoms with van der Waals surface area (Å²) >= 11 is 7.06. The molecule has 0 amide bonds. The molecule has 4 nitrogen and oxygen atoms in total. The first-order chi connectivity index (χ1) is 12.2. The van der Waals surface area contributed by atoms with Crippen LogP contribution in [0.5, 0.6) is 17.2 Å². The number of ether oxygens (including phenoxy) is 2. The van der Waals surface area contributed by atoms with Gasteiger partial charge in [-0.3, -0.25) is 4.79 Å². The predicted octanol–water partition coefficient (Wildman–Crippen LogP) is 6.40. The minimum Gasteiger partial charge on any atom is -0.496 e. The molecule has 0 bridgehead atoms. The molecule has 0 aliphatic heterocycles. The lowest BCUT2D eigenvalue weighted by Gasteiger charge is -2.16. The van der Waals surface area contributed by atoms with Crippen molar-refractivity contribution in [3.8, 4) is 17.2 Å². The third-order valence-electron chi connectivity index (χ3n) is 4.06. The Bertz CT molecular complexity index is 779. The van der Waals surface area contributed by atoms with Crippen LogP contribution in [0.3, 0.4) is 0 Å². The maximum Gasteiger partial charge on any atom is 0.306 e. The number of carbonyl (C=O) groups is 1. The van der Waals surface area contributed by atoms with Gasteiger partial charge in [0.2, 0.25) is 0 Å². The number of halogens is 2. The third-order valence-corrected chi connectivity index (χ3v) is 5.24. The maximum atomic E-state index is 11.1. The van der Waals surface area contributed by atoms with E-state index in [2.05, 4.69) is 45.7 Å². The molecule has 0 saturated heterocycles. The van der Waals surface area contributed by atoms with Gasteiger partial charge >= 0.3 is 5.97 Å². The first-order valence-corrected chi connectivity index (χ1v) is 9.88. The first kappa shape index (κ1) is 20.8. The topological polar surface area (TPSA) is 55.8 Å². The molecule has 2 aromatic carbocycles. The smallest absolute Gasteiger partial charge is 0.306 e. The average Bonchev–Trinajstić information content (AvgIpc) is 2.57. The zero-order chi connectivity index (χ0) is 19.4. The summed E-state index contributed by atoms with van der Waals surface area (Å²) in [5, 5.41) is 9.09. The second-order valence-electron chi connectivity index (χ2n) is 6.49. The van der Waals surface area contributed by atoms with Crippen LogP contribution < -0.4 is 9.47 Å². The van der Waals surface area contributed by atoms with E-state index in [9.17, 15) is 4.79 Å². The highest BCUT2D eigenvalue weighted by atomic mass is 79.9. The zero-order valence-corrected chi connectivity index (χ0v) is 18.3. The van der Waals surface area contributed by atoms with E-state index in [1.807, 2.05) is 30.3 Å². The Kier molecular flexibility index (Phi) is 7.12. The summed E-state index contributed by atoms with van der Waals surface area (Å²) in [6.07, 6.45) is 0.451. The Balaban J connectivity index is 2.30. The number of carboxylic acids is 1. The normalized spacial score (nSPS) is 12.1. The van der Waals surface area contributed by atoms with Gasteiger partial charge in [-0.15, -0.1) is 0 Å². The van der Waals surface area contributed by atoms with Crippen LogP contribution in [0.25, 0.3) is 0 Å². The van der Waals surface area contributed by atoms with Gasteiger partial charge in [-0.05, 0) is 80.1 Å². The molecule has 0 radical (unpaired) electrons. The van der Waals surface area contributed by atoms with Crippen molar-refractivity contribution >= 4 is 37.8 Å². The fourth-order valence-corrected chi connectivity index (χ4v) is 4.06. The van der Waals surface area contributed by atoms with Crippen LogP contribution in [0.4, 0.5) is 0 Å². The molecule has 0 aromatic heterocycles. The summed E-state index contributed by atoms with van der Waals surface area (Å²) < 4.78 is 13.0. The van der Waals surface area contributed by atoms with Gasteiger partial charge in [0, 0.05) is 5.56 Å². The Labute approximate surface area is 170 Å². The Morgan fingerprint density at radius 1 is 1.12 bits per heavy atom. The highest BCUT2D eigenvalue weighted by Crippen LogP contribution is 2.40. The number of methoxy groups -OCH3 is 1. The van der Waals surface area contributed by atoms with E-state index in [1.165, 1.54) is 0 Å². The van der Waals surface area contributed by atoms with E-state index in [0.29, 0.717) is 23.8 Å². The van der Waals surface area contributed by atoms with E-state index in [0.717, 1.165) is 25.8 Å². The van der Waals surface area contributed by atoms with E-state index in [1.54, 1.807) is 14.0 Å². The predicted molar refractivity (Wildman–Crippen MR) is 110 cm³/mol. The lowest BCUT2D eigenvalue weighted by molar-refractivity contribution is -0.141. The largest absolute Gasteiger partial charge is 0.496 e. The molecule has 1 atom stereocenters. The lowest BCUT2D eigenvalue weighted by Crippen LogP contribution is -2.12. The van der Waals surface area contributed by atoms with Gasteiger partial charge in [0.15, 0.2) is 5.75 Å². The van der Waals surface area contributed by atoms with Crippen LogP contribution in [0.15, 0.2) is 39.3 Å². The van der Waals surface area contributed by atoms with E-state index in [-0.39, 0.29) is 0 Å². The number of hydrogen-bond donors (Lipinski definition) is 1. The molecule has 1 N–H and O–H groups in total. The highest BCUT2D eigenvalue weighted by molar-refractivity contribution is 9.11. The quantitative estimate of drug-likeness (QED) is 0.493. The molecular formula is C20H22Br2O4. The summed E-state index contributed by atoms with van der Waals surface area (Å²) in [6.45, 7) is 5.90. The number of benzene rings is 2. The van der Waals surface area contributed by atoms with Gasteiger partial charge < -0.3 is 14.6 Å². The van der Waals surface area contributed by atoms with Crippen molar-refractivity contribution in [2.24, 2.45) is 5.92 Å². The van der Waals surface area contributed by atoms with Crippen molar-refractivity contribution < 1.29 is 19.4 Å². The van der Waals surface area contributed by atoms with E-state index >= 15 is 0 Å². The average molecular weight is 486 g/mol. The second-order valence-corrected chi connectivity index (χ2v) is 8.20. The molecule has 0 spiro atoms. The lowest BCUT2D eigenvalue weighted by atomic mass is 10.0. The maximum absolute atomic E-state index is 11.1. The van der Waals surface area contributed by atoms with Gasteiger partial charge in [0.25, 0.3) is 0 Å². The summed E-state index contributed by atoms with van der Waals surface area (Å²) in [5.74, 6) is 1.25. The Hall–Kier alpha value is -1.53. The van der Waals surface area contributed by atoms with E-state index in [4.69, 9.17) is 14.6 Å². The van der Waals surface area contributed by atoms with Crippen molar-refractivity contribution in [2.75, 3.05) is 7.11 Å². The molecule has 6 heteroatoms. The number of rotatable bonds is 7. The fourth-order valence-electron chi connectivity index (χ4n) is 2.61. The molecule has 0 aliphatic rings. The van der Waals surface area contributed by atoms with Gasteiger partial charge in [0.05, 0.1) is 22.0 Å². The van der Waals surface area contributed by atoms with Gasteiger partial charge in [-0.25, -0.2) is 0 Å². The van der Waals surface area contributed by atoms with Crippen LogP contribution in [0, 0.1) is 5.92 Å². The van der Waals surface area contributed by atoms with Gasteiger partial charge in [0.1, 0.15) is 11.5 Å². The van der Waals surface area contributed by atoms with Crippen molar-refractivity contribution in [2.45, 2.75) is 33.1 Å².